The van der Waals surface area contributed by atoms with Crippen LogP contribution in [-0.2, 0) is 24.9 Å². The quantitative estimate of drug-likeness (QED) is 0.813. The van der Waals surface area contributed by atoms with Gasteiger partial charge in [0.25, 0.3) is 0 Å². The number of aromatic nitrogens is 4. The molecule has 1 atom stereocenters. The van der Waals surface area contributed by atoms with Crippen LogP contribution in [0.5, 0.6) is 0 Å². The van der Waals surface area contributed by atoms with Gasteiger partial charge in [0.05, 0.1) is 12.3 Å². The highest BCUT2D eigenvalue weighted by Gasteiger charge is 2.31. The van der Waals surface area contributed by atoms with Gasteiger partial charge < -0.3 is 4.74 Å². The van der Waals surface area contributed by atoms with E-state index in [4.69, 9.17) is 4.74 Å². The summed E-state index contributed by atoms with van der Waals surface area (Å²) in [5.41, 5.74) is 3.56. The largest absolute Gasteiger partial charge is 0.380 e. The number of rotatable bonds is 6. The molecule has 1 fully saturated rings. The molecular weight excluding hydrogens is 290 g/mol. The smallest absolute Gasteiger partial charge is 0.100 e. The van der Waals surface area contributed by atoms with Crippen LogP contribution in [0.15, 0.2) is 24.5 Å². The average Bonchev–Trinajstić information content (AvgIpc) is 3.31. The molecule has 2 aliphatic rings. The van der Waals surface area contributed by atoms with Crippen molar-refractivity contribution in [2.45, 2.75) is 31.8 Å². The lowest BCUT2D eigenvalue weighted by molar-refractivity contribution is 0.0866. The van der Waals surface area contributed by atoms with Gasteiger partial charge in [0.1, 0.15) is 5.69 Å². The summed E-state index contributed by atoms with van der Waals surface area (Å²) in [6.07, 6.45) is 6.41. The normalized spacial score (nSPS) is 21.3. The number of pyridine rings is 1. The summed E-state index contributed by atoms with van der Waals surface area (Å²) in [4.78, 5) is 6.63. The van der Waals surface area contributed by atoms with Crippen molar-refractivity contribution in [1.82, 2.24) is 24.9 Å². The third kappa shape index (κ3) is 3.43. The molecule has 0 amide bonds. The van der Waals surface area contributed by atoms with Gasteiger partial charge in [-0.15, -0.1) is 5.10 Å². The fourth-order valence-electron chi connectivity index (χ4n) is 3.36. The van der Waals surface area contributed by atoms with Gasteiger partial charge in [0.2, 0.25) is 0 Å². The van der Waals surface area contributed by atoms with Gasteiger partial charge in [0.15, 0.2) is 0 Å². The second-order valence-corrected chi connectivity index (χ2v) is 6.75. The second kappa shape index (κ2) is 6.37. The molecule has 23 heavy (non-hydrogen) atoms. The van der Waals surface area contributed by atoms with Crippen molar-refractivity contribution in [2.24, 2.45) is 13.0 Å². The lowest BCUT2D eigenvalue weighted by atomic mass is 9.98. The topological polar surface area (TPSA) is 56.1 Å². The molecule has 1 unspecified atom stereocenters. The van der Waals surface area contributed by atoms with E-state index in [0.717, 1.165) is 44.5 Å². The van der Waals surface area contributed by atoms with Crippen molar-refractivity contribution < 1.29 is 4.74 Å². The molecular formula is C17H23N5O. The summed E-state index contributed by atoms with van der Waals surface area (Å²) < 4.78 is 7.89. The van der Waals surface area contributed by atoms with E-state index in [1.807, 2.05) is 30.2 Å². The standard InChI is InChI=1S/C17H23N5O/c1-21-17-15(12-23-11-13-4-5-13)9-22(10-16(17)19-20-21)8-14-3-2-6-18-7-14/h2-3,6-7,13,15H,4-5,8-12H2,1H3. The lowest BCUT2D eigenvalue weighted by Gasteiger charge is -2.32. The van der Waals surface area contributed by atoms with Crippen LogP contribution in [0, 0.1) is 5.92 Å². The first kappa shape index (κ1) is 14.8. The first-order valence-electron chi connectivity index (χ1n) is 8.37. The molecule has 0 aromatic carbocycles. The molecule has 6 nitrogen and oxygen atoms in total. The Morgan fingerprint density at radius 3 is 3.00 bits per heavy atom. The summed E-state index contributed by atoms with van der Waals surface area (Å²) in [6.45, 7) is 4.38. The number of aryl methyl sites for hydroxylation is 1. The summed E-state index contributed by atoms with van der Waals surface area (Å²) in [6, 6.07) is 4.11. The number of nitrogens with zero attached hydrogens (tertiary/aromatic N) is 5. The average molecular weight is 313 g/mol. The summed E-state index contributed by atoms with van der Waals surface area (Å²) in [5.74, 6) is 1.14. The van der Waals surface area contributed by atoms with Gasteiger partial charge in [-0.3, -0.25) is 14.6 Å². The molecule has 3 heterocycles. The van der Waals surface area contributed by atoms with Gasteiger partial charge in [-0.25, -0.2) is 0 Å². The maximum absolute atomic E-state index is 5.97. The minimum absolute atomic E-state index is 0.342. The Hall–Kier alpha value is -1.79. The molecule has 0 bridgehead atoms. The van der Waals surface area contributed by atoms with E-state index in [0.29, 0.717) is 5.92 Å². The highest BCUT2D eigenvalue weighted by atomic mass is 16.5. The number of ether oxygens (including phenoxy) is 1. The van der Waals surface area contributed by atoms with Gasteiger partial charge in [0, 0.05) is 51.6 Å². The van der Waals surface area contributed by atoms with Crippen LogP contribution in [0.2, 0.25) is 0 Å². The molecule has 0 saturated heterocycles. The molecule has 2 aromatic heterocycles. The van der Waals surface area contributed by atoms with Crippen molar-refractivity contribution in [2.75, 3.05) is 19.8 Å². The minimum Gasteiger partial charge on any atom is -0.380 e. The zero-order valence-corrected chi connectivity index (χ0v) is 13.6. The maximum atomic E-state index is 5.97. The van der Waals surface area contributed by atoms with E-state index in [1.165, 1.54) is 24.1 Å². The van der Waals surface area contributed by atoms with E-state index in [9.17, 15) is 0 Å². The van der Waals surface area contributed by atoms with Gasteiger partial charge >= 0.3 is 0 Å². The first-order valence-corrected chi connectivity index (χ1v) is 8.37. The molecule has 1 aliphatic heterocycles. The highest BCUT2D eigenvalue weighted by molar-refractivity contribution is 5.20. The molecule has 0 radical (unpaired) electrons. The van der Waals surface area contributed by atoms with E-state index < -0.39 is 0 Å². The van der Waals surface area contributed by atoms with Crippen molar-refractivity contribution >= 4 is 0 Å². The van der Waals surface area contributed by atoms with Crippen LogP contribution in [0.1, 0.15) is 35.7 Å². The third-order valence-electron chi connectivity index (χ3n) is 4.68. The van der Waals surface area contributed by atoms with Crippen LogP contribution in [0.25, 0.3) is 0 Å². The maximum Gasteiger partial charge on any atom is 0.100 e. The van der Waals surface area contributed by atoms with E-state index in [-0.39, 0.29) is 0 Å². The molecule has 2 aromatic rings. The molecule has 1 saturated carbocycles. The molecule has 1 aliphatic carbocycles. The van der Waals surface area contributed by atoms with Crippen LogP contribution in [0.3, 0.4) is 0 Å². The number of hydrogen-bond donors (Lipinski definition) is 0. The van der Waals surface area contributed by atoms with Crippen LogP contribution < -0.4 is 0 Å². The van der Waals surface area contributed by atoms with Crippen molar-refractivity contribution in [1.29, 1.82) is 0 Å². The fourth-order valence-corrected chi connectivity index (χ4v) is 3.36. The van der Waals surface area contributed by atoms with Crippen molar-refractivity contribution in [3.05, 3.63) is 41.5 Å². The predicted octanol–water partition coefficient (Wildman–Crippen LogP) is 1.74. The first-order chi connectivity index (χ1) is 11.3. The monoisotopic (exact) mass is 313 g/mol. The Morgan fingerprint density at radius 2 is 2.22 bits per heavy atom. The predicted molar refractivity (Wildman–Crippen MR) is 85.6 cm³/mol. The van der Waals surface area contributed by atoms with Crippen molar-refractivity contribution in [3.63, 3.8) is 0 Å². The van der Waals surface area contributed by atoms with Gasteiger partial charge in [-0.2, -0.15) is 0 Å². The van der Waals surface area contributed by atoms with E-state index in [1.54, 1.807) is 0 Å². The van der Waals surface area contributed by atoms with Gasteiger partial charge in [-0.1, -0.05) is 11.3 Å². The molecule has 0 spiro atoms. The van der Waals surface area contributed by atoms with E-state index in [2.05, 4.69) is 26.3 Å². The Morgan fingerprint density at radius 1 is 1.30 bits per heavy atom. The summed E-state index contributed by atoms with van der Waals surface area (Å²) in [7, 11) is 1.98. The zero-order valence-electron chi connectivity index (χ0n) is 13.6. The lowest BCUT2D eigenvalue weighted by Crippen LogP contribution is -2.36. The molecule has 6 heteroatoms. The molecule has 0 N–H and O–H groups in total. The highest BCUT2D eigenvalue weighted by Crippen LogP contribution is 2.31. The third-order valence-corrected chi connectivity index (χ3v) is 4.68. The number of hydrogen-bond acceptors (Lipinski definition) is 5. The van der Waals surface area contributed by atoms with Gasteiger partial charge in [-0.05, 0) is 30.4 Å². The summed E-state index contributed by atoms with van der Waals surface area (Å²) in [5, 5.41) is 8.57. The Kier molecular flexibility index (Phi) is 4.10. The van der Waals surface area contributed by atoms with Crippen molar-refractivity contribution in [3.8, 4) is 0 Å². The second-order valence-electron chi connectivity index (χ2n) is 6.75. The number of fused-ring (bicyclic) bond motifs is 1. The van der Waals surface area contributed by atoms with Crippen LogP contribution >= 0.6 is 0 Å². The zero-order chi connectivity index (χ0) is 15.6. The SMILES string of the molecule is Cn1nnc2c1C(COCC1CC1)CN(Cc1cccnc1)C2. The fraction of sp³-hybridized carbons (Fsp3) is 0.588. The Balaban J connectivity index is 1.46. The van der Waals surface area contributed by atoms with E-state index >= 15 is 0 Å². The summed E-state index contributed by atoms with van der Waals surface area (Å²) >= 11 is 0. The molecule has 122 valence electrons. The Labute approximate surface area is 136 Å². The minimum atomic E-state index is 0.342. The molecule has 4 rings (SSSR count). The van der Waals surface area contributed by atoms with Crippen LogP contribution in [-0.4, -0.2) is 44.6 Å². The Bertz CT molecular complexity index is 652. The van der Waals surface area contributed by atoms with Crippen LogP contribution in [0.4, 0.5) is 0 Å².